The first-order chi connectivity index (χ1) is 12.0. The van der Waals surface area contributed by atoms with Gasteiger partial charge in [-0.3, -0.25) is 15.6 Å². The summed E-state index contributed by atoms with van der Waals surface area (Å²) < 4.78 is 0. The molecule has 2 rings (SSSR count). The number of amides is 1. The third kappa shape index (κ3) is 5.59. The summed E-state index contributed by atoms with van der Waals surface area (Å²) in [4.78, 5) is 14.5. The van der Waals surface area contributed by atoms with E-state index < -0.39 is 0 Å². The molecule has 6 heteroatoms. The molecule has 0 aromatic heterocycles. The van der Waals surface area contributed by atoms with E-state index in [-0.39, 0.29) is 5.91 Å². The van der Waals surface area contributed by atoms with Crippen molar-refractivity contribution in [1.82, 2.24) is 16.2 Å². The van der Waals surface area contributed by atoms with Crippen LogP contribution in [0, 0.1) is 5.92 Å². The van der Waals surface area contributed by atoms with Gasteiger partial charge in [-0.25, -0.2) is 0 Å². The molecule has 1 fully saturated rings. The Bertz CT molecular complexity index is 571. The number of hydrazine groups is 1. The number of anilines is 1. The molecule has 1 amide bonds. The number of nitrogens with zero attached hydrogens (tertiary/aromatic N) is 1. The molecular weight excluding hydrogens is 332 g/mol. The minimum absolute atomic E-state index is 0.188. The van der Waals surface area contributed by atoms with Crippen molar-refractivity contribution in [1.29, 1.82) is 0 Å². The average molecular weight is 363 g/mol. The molecule has 1 aromatic carbocycles. The fourth-order valence-electron chi connectivity index (χ4n) is 3.33. The summed E-state index contributed by atoms with van der Waals surface area (Å²) in [5.74, 6) is 0.420. The maximum absolute atomic E-state index is 12.3. The summed E-state index contributed by atoms with van der Waals surface area (Å²) in [7, 11) is 0. The van der Waals surface area contributed by atoms with E-state index in [0.29, 0.717) is 22.6 Å². The molecule has 1 aliphatic rings. The number of benzene rings is 1. The quantitative estimate of drug-likeness (QED) is 0.555. The van der Waals surface area contributed by atoms with Crippen LogP contribution in [0.4, 0.5) is 5.69 Å². The molecule has 0 bridgehead atoms. The summed E-state index contributed by atoms with van der Waals surface area (Å²) in [6.45, 7) is 8.38. The van der Waals surface area contributed by atoms with Gasteiger partial charge in [0.15, 0.2) is 5.11 Å². The lowest BCUT2D eigenvalue weighted by Gasteiger charge is -2.30. The smallest absolute Gasteiger partial charge is 0.269 e. The Morgan fingerprint density at radius 1 is 1.12 bits per heavy atom. The Morgan fingerprint density at radius 3 is 2.36 bits per heavy atom. The van der Waals surface area contributed by atoms with Crippen molar-refractivity contribution in [3.8, 4) is 0 Å². The number of rotatable bonds is 5. The van der Waals surface area contributed by atoms with Crippen molar-refractivity contribution in [2.24, 2.45) is 5.92 Å². The van der Waals surface area contributed by atoms with Gasteiger partial charge in [0.25, 0.3) is 5.91 Å². The van der Waals surface area contributed by atoms with Crippen LogP contribution in [0.5, 0.6) is 0 Å². The molecule has 0 unspecified atom stereocenters. The van der Waals surface area contributed by atoms with E-state index >= 15 is 0 Å². The van der Waals surface area contributed by atoms with Gasteiger partial charge in [0.1, 0.15) is 0 Å². The summed E-state index contributed by atoms with van der Waals surface area (Å²) in [6, 6.07) is 8.01. The van der Waals surface area contributed by atoms with E-state index in [1.165, 1.54) is 19.3 Å². The van der Waals surface area contributed by atoms with Crippen molar-refractivity contribution in [2.75, 3.05) is 18.0 Å². The molecule has 1 aromatic rings. The normalized spacial score (nSPS) is 19.8. The standard InChI is InChI=1S/C19H30N4OS/c1-4-23(5-2)16-12-10-15(11-13-16)18(24)21-22-19(25)20-17-9-7-6-8-14(17)3/h10-14,17H,4-9H2,1-3H3,(H,21,24)(H2,20,22,25)/t14-,17-/m0/s1. The first-order valence-corrected chi connectivity index (χ1v) is 9.67. The first-order valence-electron chi connectivity index (χ1n) is 9.27. The van der Waals surface area contributed by atoms with E-state index in [2.05, 4.69) is 41.8 Å². The number of carbonyl (C=O) groups excluding carboxylic acids is 1. The number of hydrogen-bond donors (Lipinski definition) is 3. The number of hydrogen-bond acceptors (Lipinski definition) is 3. The van der Waals surface area contributed by atoms with Crippen LogP contribution < -0.4 is 21.1 Å². The van der Waals surface area contributed by atoms with Crippen LogP contribution >= 0.6 is 12.2 Å². The minimum atomic E-state index is -0.188. The van der Waals surface area contributed by atoms with Gasteiger partial charge in [-0.15, -0.1) is 0 Å². The van der Waals surface area contributed by atoms with Gasteiger partial charge < -0.3 is 10.2 Å². The summed E-state index contributed by atoms with van der Waals surface area (Å²) in [5, 5.41) is 3.79. The van der Waals surface area contributed by atoms with Gasteiger partial charge in [0.2, 0.25) is 0 Å². The molecule has 1 aliphatic carbocycles. The predicted molar refractivity (Wildman–Crippen MR) is 108 cm³/mol. The molecule has 25 heavy (non-hydrogen) atoms. The zero-order valence-electron chi connectivity index (χ0n) is 15.5. The van der Waals surface area contributed by atoms with Gasteiger partial charge in [-0.1, -0.05) is 19.8 Å². The highest BCUT2D eigenvalue weighted by Crippen LogP contribution is 2.23. The van der Waals surface area contributed by atoms with E-state index in [1.807, 2.05) is 24.3 Å². The zero-order chi connectivity index (χ0) is 18.2. The summed E-state index contributed by atoms with van der Waals surface area (Å²) in [6.07, 6.45) is 4.88. The van der Waals surface area contributed by atoms with Gasteiger partial charge in [-0.05, 0) is 69.1 Å². The van der Waals surface area contributed by atoms with Gasteiger partial charge in [-0.2, -0.15) is 0 Å². The van der Waals surface area contributed by atoms with Crippen molar-refractivity contribution in [3.63, 3.8) is 0 Å². The highest BCUT2D eigenvalue weighted by Gasteiger charge is 2.21. The SMILES string of the molecule is CCN(CC)c1ccc(C(=O)NNC(=S)N[C@H]2CCCC[C@@H]2C)cc1. The van der Waals surface area contributed by atoms with Crippen LogP contribution in [0.2, 0.25) is 0 Å². The first kappa shape index (κ1) is 19.5. The second-order valence-electron chi connectivity index (χ2n) is 6.64. The molecule has 0 aliphatic heterocycles. The Morgan fingerprint density at radius 2 is 1.76 bits per heavy atom. The summed E-state index contributed by atoms with van der Waals surface area (Å²) >= 11 is 5.30. The molecule has 0 saturated heterocycles. The second kappa shape index (κ2) is 9.61. The molecule has 0 radical (unpaired) electrons. The highest BCUT2D eigenvalue weighted by atomic mass is 32.1. The number of nitrogens with one attached hydrogen (secondary N) is 3. The summed E-state index contributed by atoms with van der Waals surface area (Å²) in [5.41, 5.74) is 7.22. The number of thiocarbonyl (C=S) groups is 1. The monoisotopic (exact) mass is 362 g/mol. The maximum Gasteiger partial charge on any atom is 0.269 e. The molecule has 2 atom stereocenters. The Balaban J connectivity index is 1.82. The van der Waals surface area contributed by atoms with E-state index in [4.69, 9.17) is 12.2 Å². The van der Waals surface area contributed by atoms with Gasteiger partial charge in [0, 0.05) is 30.4 Å². The predicted octanol–water partition coefficient (Wildman–Crippen LogP) is 3.22. The van der Waals surface area contributed by atoms with Crippen molar-refractivity contribution in [3.05, 3.63) is 29.8 Å². The van der Waals surface area contributed by atoms with Gasteiger partial charge >= 0.3 is 0 Å². The Labute approximate surface area is 156 Å². The van der Waals surface area contributed by atoms with Crippen LogP contribution in [-0.2, 0) is 0 Å². The lowest BCUT2D eigenvalue weighted by molar-refractivity contribution is 0.0943. The van der Waals surface area contributed by atoms with Crippen molar-refractivity contribution < 1.29 is 4.79 Å². The topological polar surface area (TPSA) is 56.4 Å². The van der Waals surface area contributed by atoms with Gasteiger partial charge in [0.05, 0.1) is 0 Å². The molecule has 0 heterocycles. The average Bonchev–Trinajstić information content (AvgIpc) is 2.63. The van der Waals surface area contributed by atoms with Crippen LogP contribution in [0.3, 0.4) is 0 Å². The van der Waals surface area contributed by atoms with E-state index in [1.54, 1.807) is 0 Å². The van der Waals surface area contributed by atoms with Crippen LogP contribution in [-0.4, -0.2) is 30.2 Å². The van der Waals surface area contributed by atoms with Crippen LogP contribution in [0.1, 0.15) is 56.8 Å². The molecule has 138 valence electrons. The Kier molecular flexibility index (Phi) is 7.50. The van der Waals surface area contributed by atoms with Crippen LogP contribution in [0.25, 0.3) is 0 Å². The largest absolute Gasteiger partial charge is 0.372 e. The van der Waals surface area contributed by atoms with Crippen molar-refractivity contribution >= 4 is 28.9 Å². The maximum atomic E-state index is 12.3. The second-order valence-corrected chi connectivity index (χ2v) is 7.05. The lowest BCUT2D eigenvalue weighted by atomic mass is 9.86. The third-order valence-corrected chi connectivity index (χ3v) is 5.20. The fourth-order valence-corrected chi connectivity index (χ4v) is 3.54. The highest BCUT2D eigenvalue weighted by molar-refractivity contribution is 7.80. The molecule has 5 nitrogen and oxygen atoms in total. The zero-order valence-corrected chi connectivity index (χ0v) is 16.3. The number of carbonyl (C=O) groups is 1. The molecule has 0 spiro atoms. The molecule has 3 N–H and O–H groups in total. The lowest BCUT2D eigenvalue weighted by Crippen LogP contribution is -2.51. The fraction of sp³-hybridized carbons (Fsp3) is 0.579. The van der Waals surface area contributed by atoms with Crippen molar-refractivity contribution in [2.45, 2.75) is 52.5 Å². The van der Waals surface area contributed by atoms with Crippen LogP contribution in [0.15, 0.2) is 24.3 Å². The molecular formula is C19H30N4OS. The molecule has 1 saturated carbocycles. The Hall–Kier alpha value is -1.82. The third-order valence-electron chi connectivity index (χ3n) is 4.98. The van der Waals surface area contributed by atoms with E-state index in [0.717, 1.165) is 25.2 Å². The van der Waals surface area contributed by atoms with E-state index in [9.17, 15) is 4.79 Å². The minimum Gasteiger partial charge on any atom is -0.372 e.